The van der Waals surface area contributed by atoms with E-state index in [1.54, 1.807) is 7.11 Å². The predicted octanol–water partition coefficient (Wildman–Crippen LogP) is 1.74. The highest BCUT2D eigenvalue weighted by atomic mass is 16.8. The molecule has 0 aromatic carbocycles. The highest BCUT2D eigenvalue weighted by Crippen LogP contribution is 2.24. The number of rotatable bonds is 3. The topological polar surface area (TPSA) is 33.8 Å². The number of ether oxygens (including phenoxy) is 2. The molecule has 3 atom stereocenters. The molecule has 82 valence electrons. The minimum atomic E-state index is -0.161. The van der Waals surface area contributed by atoms with Gasteiger partial charge in [0.25, 0.3) is 0 Å². The molecule has 3 heteroatoms. The average Bonchev–Trinajstić information content (AvgIpc) is 2.94. The second-order valence-electron chi connectivity index (χ2n) is 4.19. The van der Waals surface area contributed by atoms with E-state index in [9.17, 15) is 0 Å². The highest BCUT2D eigenvalue weighted by Gasteiger charge is 2.42. The van der Waals surface area contributed by atoms with Crippen LogP contribution in [0.15, 0.2) is 36.0 Å². The van der Waals surface area contributed by atoms with Crippen molar-refractivity contribution in [2.24, 2.45) is 0 Å². The van der Waals surface area contributed by atoms with Crippen molar-refractivity contribution in [1.29, 1.82) is 0 Å². The van der Waals surface area contributed by atoms with Gasteiger partial charge in [0.1, 0.15) is 0 Å². The zero-order chi connectivity index (χ0) is 10.9. The summed E-state index contributed by atoms with van der Waals surface area (Å²) in [7, 11) is 1.65. The first-order valence-corrected chi connectivity index (χ1v) is 5.14. The second kappa shape index (κ2) is 3.93. The molecule has 0 saturated carbocycles. The quantitative estimate of drug-likeness (QED) is 0.716. The number of hydrogen-bond acceptors (Lipinski definition) is 3. The van der Waals surface area contributed by atoms with Gasteiger partial charge in [-0.3, -0.25) is 5.32 Å². The first kappa shape index (κ1) is 10.6. The number of methoxy groups -OCH3 is 1. The maximum atomic E-state index is 5.28. The van der Waals surface area contributed by atoms with Gasteiger partial charge in [-0.2, -0.15) is 0 Å². The summed E-state index contributed by atoms with van der Waals surface area (Å²) in [4.78, 5) is 0. The summed E-state index contributed by atoms with van der Waals surface area (Å²) in [6.07, 6.45) is 10.4. The lowest BCUT2D eigenvalue weighted by Gasteiger charge is -2.22. The van der Waals surface area contributed by atoms with E-state index in [0.29, 0.717) is 0 Å². The summed E-state index contributed by atoms with van der Waals surface area (Å²) >= 11 is 0. The molecule has 0 amide bonds. The molecule has 2 aliphatic rings. The van der Waals surface area contributed by atoms with Crippen LogP contribution in [0.25, 0.3) is 0 Å². The molecule has 0 radical (unpaired) electrons. The van der Waals surface area contributed by atoms with E-state index in [0.717, 1.165) is 0 Å². The Labute approximate surface area is 90.5 Å². The number of allylic oxidation sites excluding steroid dienone is 4. The third-order valence-electron chi connectivity index (χ3n) is 2.63. The van der Waals surface area contributed by atoms with Gasteiger partial charge in [-0.05, 0) is 13.8 Å². The standard InChI is InChI=1S/C12H17NO2/c1-9-5-4-7-12(2,8-6-9)13-10-11(14-3)15-10/h4-8,10-11,13H,1-3H3. The maximum Gasteiger partial charge on any atom is 0.199 e. The van der Waals surface area contributed by atoms with Crippen LogP contribution in [-0.2, 0) is 9.47 Å². The first-order valence-electron chi connectivity index (χ1n) is 5.14. The van der Waals surface area contributed by atoms with Gasteiger partial charge in [0.05, 0.1) is 5.54 Å². The monoisotopic (exact) mass is 207 g/mol. The van der Waals surface area contributed by atoms with Gasteiger partial charge in [0.2, 0.25) is 0 Å². The van der Waals surface area contributed by atoms with Crippen molar-refractivity contribution in [2.75, 3.05) is 7.11 Å². The van der Waals surface area contributed by atoms with Gasteiger partial charge >= 0.3 is 0 Å². The Balaban J connectivity index is 1.99. The van der Waals surface area contributed by atoms with E-state index < -0.39 is 0 Å². The Morgan fingerprint density at radius 2 is 2.27 bits per heavy atom. The molecule has 0 bridgehead atoms. The van der Waals surface area contributed by atoms with Crippen LogP contribution < -0.4 is 5.32 Å². The molecule has 1 heterocycles. The maximum absolute atomic E-state index is 5.28. The van der Waals surface area contributed by atoms with Crippen LogP contribution in [0.3, 0.4) is 0 Å². The van der Waals surface area contributed by atoms with Crippen LogP contribution in [0.1, 0.15) is 13.8 Å². The van der Waals surface area contributed by atoms with E-state index in [4.69, 9.17) is 9.47 Å². The van der Waals surface area contributed by atoms with Crippen molar-refractivity contribution in [3.63, 3.8) is 0 Å². The molecular weight excluding hydrogens is 190 g/mol. The molecule has 0 aromatic rings. The Hall–Kier alpha value is -0.900. The van der Waals surface area contributed by atoms with Crippen molar-refractivity contribution < 1.29 is 9.47 Å². The van der Waals surface area contributed by atoms with Gasteiger partial charge in [-0.25, -0.2) is 0 Å². The zero-order valence-corrected chi connectivity index (χ0v) is 9.36. The van der Waals surface area contributed by atoms with Crippen LogP contribution in [-0.4, -0.2) is 25.2 Å². The van der Waals surface area contributed by atoms with E-state index in [2.05, 4.69) is 49.5 Å². The smallest absolute Gasteiger partial charge is 0.199 e. The zero-order valence-electron chi connectivity index (χ0n) is 9.36. The van der Waals surface area contributed by atoms with Gasteiger partial charge in [-0.1, -0.05) is 36.0 Å². The van der Waals surface area contributed by atoms with Crippen molar-refractivity contribution in [1.82, 2.24) is 5.32 Å². The third-order valence-corrected chi connectivity index (χ3v) is 2.63. The summed E-state index contributed by atoms with van der Waals surface area (Å²) < 4.78 is 10.4. The number of epoxide rings is 1. The molecule has 3 nitrogen and oxygen atoms in total. The van der Waals surface area contributed by atoms with Crippen molar-refractivity contribution in [3.8, 4) is 0 Å². The minimum Gasteiger partial charge on any atom is -0.352 e. The van der Waals surface area contributed by atoms with E-state index in [-0.39, 0.29) is 18.1 Å². The molecule has 1 fully saturated rings. The summed E-state index contributed by atoms with van der Waals surface area (Å²) in [6.45, 7) is 4.19. The second-order valence-corrected chi connectivity index (χ2v) is 4.19. The Bertz CT molecular complexity index is 333. The SMILES string of the molecule is COC1OC1NC1(C)C=CC=C(C)C=C1. The third kappa shape index (κ3) is 2.56. The van der Waals surface area contributed by atoms with Gasteiger partial charge in [0, 0.05) is 7.11 Å². The summed E-state index contributed by atoms with van der Waals surface area (Å²) in [6, 6.07) is 0. The molecule has 0 spiro atoms. The van der Waals surface area contributed by atoms with Gasteiger partial charge in [0.15, 0.2) is 12.5 Å². The van der Waals surface area contributed by atoms with Gasteiger partial charge in [-0.15, -0.1) is 0 Å². The Morgan fingerprint density at radius 3 is 2.93 bits per heavy atom. The molecule has 3 unspecified atom stereocenters. The van der Waals surface area contributed by atoms with Crippen LogP contribution >= 0.6 is 0 Å². The predicted molar refractivity (Wildman–Crippen MR) is 59.2 cm³/mol. The van der Waals surface area contributed by atoms with Crippen LogP contribution in [0.4, 0.5) is 0 Å². The fourth-order valence-corrected chi connectivity index (χ4v) is 1.60. The minimum absolute atomic E-state index is 0.00714. The van der Waals surface area contributed by atoms with Crippen molar-refractivity contribution in [2.45, 2.75) is 31.9 Å². The Morgan fingerprint density at radius 1 is 1.47 bits per heavy atom. The largest absolute Gasteiger partial charge is 0.352 e. The number of hydrogen-bond donors (Lipinski definition) is 1. The molecule has 1 aliphatic heterocycles. The van der Waals surface area contributed by atoms with E-state index >= 15 is 0 Å². The van der Waals surface area contributed by atoms with E-state index in [1.165, 1.54) is 5.57 Å². The average molecular weight is 207 g/mol. The number of nitrogens with one attached hydrogen (secondary N) is 1. The normalized spacial score (nSPS) is 38.7. The summed E-state index contributed by atoms with van der Waals surface area (Å²) in [5.74, 6) is 0. The fraction of sp³-hybridized carbons (Fsp3) is 0.500. The molecule has 2 rings (SSSR count). The van der Waals surface area contributed by atoms with Crippen LogP contribution in [0, 0.1) is 0 Å². The van der Waals surface area contributed by atoms with Gasteiger partial charge < -0.3 is 9.47 Å². The summed E-state index contributed by atoms with van der Waals surface area (Å²) in [5.41, 5.74) is 1.09. The molecular formula is C12H17NO2. The highest BCUT2D eigenvalue weighted by molar-refractivity contribution is 5.33. The molecule has 15 heavy (non-hydrogen) atoms. The van der Waals surface area contributed by atoms with E-state index in [1.807, 2.05) is 0 Å². The molecule has 0 aromatic heterocycles. The molecule has 1 N–H and O–H groups in total. The van der Waals surface area contributed by atoms with Crippen LogP contribution in [0.2, 0.25) is 0 Å². The fourth-order valence-electron chi connectivity index (χ4n) is 1.60. The lowest BCUT2D eigenvalue weighted by Crippen LogP contribution is -2.41. The first-order chi connectivity index (χ1) is 7.13. The van der Waals surface area contributed by atoms with Crippen molar-refractivity contribution >= 4 is 0 Å². The molecule has 1 saturated heterocycles. The Kier molecular flexibility index (Phi) is 2.78. The van der Waals surface area contributed by atoms with Crippen molar-refractivity contribution in [3.05, 3.63) is 36.0 Å². The molecule has 1 aliphatic carbocycles. The van der Waals surface area contributed by atoms with Crippen LogP contribution in [0.5, 0.6) is 0 Å². The lowest BCUT2D eigenvalue weighted by molar-refractivity contribution is 0.0950. The summed E-state index contributed by atoms with van der Waals surface area (Å²) in [5, 5.41) is 3.38. The lowest BCUT2D eigenvalue weighted by atomic mass is 10.0.